The molecular weight excluding hydrogens is 402 g/mol. The summed E-state index contributed by atoms with van der Waals surface area (Å²) in [5.74, 6) is 3.91. The number of hydrogen-bond acceptors (Lipinski definition) is 5. The van der Waals surface area contributed by atoms with E-state index in [-0.39, 0.29) is 11.7 Å². The summed E-state index contributed by atoms with van der Waals surface area (Å²) in [5, 5.41) is 18.9. The number of H-pyrrole nitrogens is 1. The zero-order chi connectivity index (χ0) is 22.5. The van der Waals surface area contributed by atoms with Crippen molar-refractivity contribution >= 4 is 0 Å². The molecule has 32 heavy (non-hydrogen) atoms. The van der Waals surface area contributed by atoms with Crippen LogP contribution in [0.1, 0.15) is 44.1 Å². The van der Waals surface area contributed by atoms with Crippen molar-refractivity contribution in [3.63, 3.8) is 0 Å². The molecule has 0 spiro atoms. The summed E-state index contributed by atoms with van der Waals surface area (Å²) in [6, 6.07) is 16.1. The first kappa shape index (κ1) is 21.2. The maximum absolute atomic E-state index is 13.0. The monoisotopic (exact) mass is 427 g/mol. The van der Waals surface area contributed by atoms with E-state index >= 15 is 0 Å². The van der Waals surface area contributed by atoms with E-state index in [9.17, 15) is 4.79 Å². The van der Waals surface area contributed by atoms with Crippen molar-refractivity contribution in [3.05, 3.63) is 70.4 Å². The van der Waals surface area contributed by atoms with Crippen LogP contribution in [-0.4, -0.2) is 35.0 Å². The van der Waals surface area contributed by atoms with Gasteiger partial charge in [0.2, 0.25) is 5.82 Å². The number of nitrogens with one attached hydrogen (secondary N) is 1. The van der Waals surface area contributed by atoms with Gasteiger partial charge < -0.3 is 0 Å². The Bertz CT molecular complexity index is 1280. The van der Waals surface area contributed by atoms with Crippen LogP contribution in [0.5, 0.6) is 0 Å². The van der Waals surface area contributed by atoms with Gasteiger partial charge in [-0.15, -0.1) is 22.5 Å². The SMILES string of the molecule is C#CCCc1nn(C(C)CC)c(=O)n1Cc1ccc(-c2ccccc2-c2nn[nH]n2)cc1. The van der Waals surface area contributed by atoms with Gasteiger partial charge in [0, 0.05) is 18.4 Å². The van der Waals surface area contributed by atoms with Gasteiger partial charge in [-0.25, -0.2) is 9.48 Å². The molecule has 0 bridgehead atoms. The summed E-state index contributed by atoms with van der Waals surface area (Å²) in [6.07, 6.45) is 7.39. The van der Waals surface area contributed by atoms with Crippen LogP contribution < -0.4 is 5.69 Å². The van der Waals surface area contributed by atoms with Crippen LogP contribution in [0, 0.1) is 12.3 Å². The highest BCUT2D eigenvalue weighted by molar-refractivity contribution is 5.80. The first-order valence-corrected chi connectivity index (χ1v) is 10.7. The van der Waals surface area contributed by atoms with Crippen molar-refractivity contribution in [1.82, 2.24) is 35.0 Å². The fourth-order valence-electron chi connectivity index (χ4n) is 3.62. The molecule has 1 unspecified atom stereocenters. The van der Waals surface area contributed by atoms with E-state index < -0.39 is 0 Å². The number of rotatable bonds is 8. The molecule has 1 N–H and O–H groups in total. The molecule has 4 aromatic rings. The average molecular weight is 428 g/mol. The Kier molecular flexibility index (Phi) is 6.26. The first-order chi connectivity index (χ1) is 15.6. The average Bonchev–Trinajstić information content (AvgIpc) is 3.47. The summed E-state index contributed by atoms with van der Waals surface area (Å²) < 4.78 is 3.30. The Morgan fingerprint density at radius 3 is 2.53 bits per heavy atom. The number of aromatic amines is 1. The topological polar surface area (TPSA) is 94.3 Å². The highest BCUT2D eigenvalue weighted by atomic mass is 16.2. The van der Waals surface area contributed by atoms with Crippen LogP contribution in [0.4, 0.5) is 0 Å². The largest absolute Gasteiger partial charge is 0.346 e. The molecule has 0 fully saturated rings. The van der Waals surface area contributed by atoms with Gasteiger partial charge in [-0.2, -0.15) is 10.3 Å². The third-order valence-corrected chi connectivity index (χ3v) is 5.58. The number of terminal acetylenes is 1. The number of aromatic nitrogens is 7. The van der Waals surface area contributed by atoms with E-state index in [1.807, 2.05) is 62.4 Å². The van der Waals surface area contributed by atoms with Crippen molar-refractivity contribution < 1.29 is 0 Å². The molecule has 8 nitrogen and oxygen atoms in total. The summed E-state index contributed by atoms with van der Waals surface area (Å²) in [7, 11) is 0. The van der Waals surface area contributed by atoms with Crippen molar-refractivity contribution in [2.45, 2.75) is 45.7 Å². The van der Waals surface area contributed by atoms with Crippen molar-refractivity contribution in [3.8, 4) is 34.9 Å². The number of hydrogen-bond donors (Lipinski definition) is 1. The molecule has 2 heterocycles. The van der Waals surface area contributed by atoms with Gasteiger partial charge in [-0.05, 0) is 35.2 Å². The number of benzene rings is 2. The Labute approximate surface area is 186 Å². The summed E-state index contributed by atoms with van der Waals surface area (Å²) in [4.78, 5) is 13.0. The predicted octanol–water partition coefficient (Wildman–Crippen LogP) is 3.48. The van der Waals surface area contributed by atoms with Crippen molar-refractivity contribution in [1.29, 1.82) is 0 Å². The Balaban J connectivity index is 1.64. The molecule has 8 heteroatoms. The van der Waals surface area contributed by atoms with Gasteiger partial charge in [-0.1, -0.05) is 55.5 Å². The Morgan fingerprint density at radius 2 is 1.88 bits per heavy atom. The smallest absolute Gasteiger partial charge is 0.274 e. The molecule has 4 rings (SSSR count). The fraction of sp³-hybridized carbons (Fsp3) is 0.292. The minimum absolute atomic E-state index is 0.0392. The first-order valence-electron chi connectivity index (χ1n) is 10.7. The van der Waals surface area contributed by atoms with Crippen LogP contribution in [0.2, 0.25) is 0 Å². The maximum atomic E-state index is 13.0. The van der Waals surface area contributed by atoms with E-state index in [0.29, 0.717) is 25.2 Å². The Hall–Kier alpha value is -3.99. The lowest BCUT2D eigenvalue weighted by molar-refractivity contribution is 0.456. The van der Waals surface area contributed by atoms with E-state index in [1.165, 1.54) is 0 Å². The lowest BCUT2D eigenvalue weighted by Gasteiger charge is -2.09. The van der Waals surface area contributed by atoms with E-state index in [4.69, 9.17) is 6.42 Å². The summed E-state index contributed by atoms with van der Waals surface area (Å²) in [6.45, 7) is 4.49. The van der Waals surface area contributed by atoms with Gasteiger partial charge in [0.1, 0.15) is 5.82 Å². The molecule has 0 aliphatic carbocycles. The number of aryl methyl sites for hydroxylation is 1. The third-order valence-electron chi connectivity index (χ3n) is 5.58. The summed E-state index contributed by atoms with van der Waals surface area (Å²) >= 11 is 0. The second-order valence-electron chi connectivity index (χ2n) is 7.67. The highest BCUT2D eigenvalue weighted by Crippen LogP contribution is 2.29. The second kappa shape index (κ2) is 9.43. The molecule has 0 amide bonds. The van der Waals surface area contributed by atoms with Gasteiger partial charge in [0.05, 0.1) is 12.6 Å². The number of tetrazole rings is 1. The normalized spacial score (nSPS) is 11.9. The van der Waals surface area contributed by atoms with Crippen LogP contribution in [0.25, 0.3) is 22.5 Å². The number of nitrogens with zero attached hydrogens (tertiary/aromatic N) is 6. The second-order valence-corrected chi connectivity index (χ2v) is 7.67. The van der Waals surface area contributed by atoms with Crippen LogP contribution in [0.15, 0.2) is 53.3 Å². The fourth-order valence-corrected chi connectivity index (χ4v) is 3.62. The van der Waals surface area contributed by atoms with Gasteiger partial charge in [-0.3, -0.25) is 4.57 Å². The van der Waals surface area contributed by atoms with Crippen LogP contribution in [0.3, 0.4) is 0 Å². The molecule has 2 aromatic heterocycles. The predicted molar refractivity (Wildman–Crippen MR) is 123 cm³/mol. The summed E-state index contributed by atoms with van der Waals surface area (Å²) in [5.41, 5.74) is 3.86. The minimum atomic E-state index is -0.0992. The lowest BCUT2D eigenvalue weighted by atomic mass is 9.98. The van der Waals surface area contributed by atoms with E-state index in [1.54, 1.807) is 9.25 Å². The van der Waals surface area contributed by atoms with Gasteiger partial charge in [0.25, 0.3) is 0 Å². The third kappa shape index (κ3) is 4.23. The van der Waals surface area contributed by atoms with Crippen molar-refractivity contribution in [2.75, 3.05) is 0 Å². The standard InChI is InChI=1S/C24H25N7O/c1-4-6-11-22-27-31(17(3)5-2)24(32)30(22)16-18-12-14-19(15-13-18)20-9-7-8-10-21(20)23-25-28-29-26-23/h1,7-10,12-15,17H,5-6,11,16H2,2-3H3,(H,25,26,28,29). The molecule has 0 saturated heterocycles. The van der Waals surface area contributed by atoms with Gasteiger partial charge >= 0.3 is 5.69 Å². The minimum Gasteiger partial charge on any atom is -0.274 e. The van der Waals surface area contributed by atoms with E-state index in [2.05, 4.69) is 31.6 Å². The molecule has 0 aliphatic heterocycles. The lowest BCUT2D eigenvalue weighted by Crippen LogP contribution is -2.27. The zero-order valence-corrected chi connectivity index (χ0v) is 18.2. The van der Waals surface area contributed by atoms with E-state index in [0.717, 1.165) is 34.5 Å². The molecule has 0 aliphatic rings. The van der Waals surface area contributed by atoms with Crippen LogP contribution >= 0.6 is 0 Å². The molecule has 1 atom stereocenters. The van der Waals surface area contributed by atoms with Gasteiger partial charge in [0.15, 0.2) is 0 Å². The molecule has 2 aromatic carbocycles. The molecule has 0 radical (unpaired) electrons. The Morgan fingerprint density at radius 1 is 1.12 bits per heavy atom. The van der Waals surface area contributed by atoms with Crippen molar-refractivity contribution in [2.24, 2.45) is 0 Å². The quantitative estimate of drug-likeness (QED) is 0.435. The molecular formula is C24H25N7O. The highest BCUT2D eigenvalue weighted by Gasteiger charge is 2.17. The maximum Gasteiger partial charge on any atom is 0.346 e. The molecule has 162 valence electrons. The van der Waals surface area contributed by atoms with Crippen LogP contribution in [-0.2, 0) is 13.0 Å². The molecule has 0 saturated carbocycles. The zero-order valence-electron chi connectivity index (χ0n) is 18.2.